The van der Waals surface area contributed by atoms with Gasteiger partial charge in [-0.25, -0.2) is 4.99 Å². The number of aryl methyl sites for hydroxylation is 2. The van der Waals surface area contributed by atoms with E-state index in [9.17, 15) is 0 Å². The molecule has 2 rings (SSSR count). The fraction of sp³-hybridized carbons (Fsp3) is 0.571. The van der Waals surface area contributed by atoms with Crippen LogP contribution >= 0.6 is 24.0 Å². The summed E-state index contributed by atoms with van der Waals surface area (Å²) in [6.07, 6.45) is 3.50. The van der Waals surface area contributed by atoms with Crippen molar-refractivity contribution in [2.75, 3.05) is 33.4 Å². The molecule has 30 heavy (non-hydrogen) atoms. The summed E-state index contributed by atoms with van der Waals surface area (Å²) in [6, 6.07) is 6.24. The highest BCUT2D eigenvalue weighted by molar-refractivity contribution is 14.0. The van der Waals surface area contributed by atoms with Gasteiger partial charge in [-0.3, -0.25) is 0 Å². The Kier molecular flexibility index (Phi) is 13.1. The van der Waals surface area contributed by atoms with E-state index in [2.05, 4.69) is 64.4 Å². The van der Waals surface area contributed by atoms with Crippen molar-refractivity contribution >= 4 is 29.9 Å². The summed E-state index contributed by atoms with van der Waals surface area (Å²) < 4.78 is 13.1. The number of aromatic nitrogens is 3. The number of aliphatic imine (C=N–C) groups is 1. The maximum atomic E-state index is 5.96. The van der Waals surface area contributed by atoms with E-state index in [4.69, 9.17) is 14.5 Å². The van der Waals surface area contributed by atoms with E-state index in [1.807, 2.05) is 0 Å². The molecule has 0 aliphatic heterocycles. The van der Waals surface area contributed by atoms with Gasteiger partial charge in [0.05, 0.1) is 13.2 Å². The number of benzene rings is 1. The van der Waals surface area contributed by atoms with Gasteiger partial charge in [-0.1, -0.05) is 19.1 Å². The Morgan fingerprint density at radius 1 is 1.20 bits per heavy atom. The first kappa shape index (κ1) is 26.2. The maximum absolute atomic E-state index is 5.96. The van der Waals surface area contributed by atoms with Gasteiger partial charge in [-0.2, -0.15) is 0 Å². The third-order valence-corrected chi connectivity index (χ3v) is 4.38. The second kappa shape index (κ2) is 15.0. The molecule has 0 atom stereocenters. The standard InChI is InChI=1S/C21H34N6O2.HI/c1-5-20-26-25-16-27(20)11-10-23-21(22-6-2)24-15-18-9-8-17(3)14-19(18)29-13-7-12-28-4;/h8-9,14,16H,5-7,10-13,15H2,1-4H3,(H2,22,23,24);1H. The molecule has 0 amide bonds. The van der Waals surface area contributed by atoms with Crippen LogP contribution in [0, 0.1) is 6.92 Å². The van der Waals surface area contributed by atoms with Gasteiger partial charge in [0.25, 0.3) is 0 Å². The molecular formula is C21H35IN6O2. The lowest BCUT2D eigenvalue weighted by atomic mass is 10.1. The predicted molar refractivity (Wildman–Crippen MR) is 131 cm³/mol. The summed E-state index contributed by atoms with van der Waals surface area (Å²) in [5, 5.41) is 14.8. The van der Waals surface area contributed by atoms with Crippen LogP contribution in [0.5, 0.6) is 5.75 Å². The number of hydrogen-bond donors (Lipinski definition) is 2. The average Bonchev–Trinajstić information content (AvgIpc) is 3.18. The Balaban J connectivity index is 0.00000450. The Hall–Kier alpha value is -1.88. The van der Waals surface area contributed by atoms with Gasteiger partial charge < -0.3 is 24.7 Å². The van der Waals surface area contributed by atoms with Crippen molar-refractivity contribution in [2.45, 2.75) is 46.7 Å². The van der Waals surface area contributed by atoms with Crippen molar-refractivity contribution in [3.63, 3.8) is 0 Å². The van der Waals surface area contributed by atoms with Crippen molar-refractivity contribution in [1.82, 2.24) is 25.4 Å². The number of guanidine groups is 1. The molecule has 0 aliphatic rings. The summed E-state index contributed by atoms with van der Waals surface area (Å²) in [5.41, 5.74) is 2.24. The number of ether oxygens (including phenoxy) is 2. The van der Waals surface area contributed by atoms with Crippen LogP contribution in [0.2, 0.25) is 0 Å². The van der Waals surface area contributed by atoms with E-state index >= 15 is 0 Å². The highest BCUT2D eigenvalue weighted by Gasteiger charge is 2.06. The first-order valence-electron chi connectivity index (χ1n) is 10.3. The molecule has 8 nitrogen and oxygen atoms in total. The Labute approximate surface area is 196 Å². The average molecular weight is 530 g/mol. The molecule has 9 heteroatoms. The summed E-state index contributed by atoms with van der Waals surface area (Å²) in [4.78, 5) is 4.73. The van der Waals surface area contributed by atoms with E-state index in [-0.39, 0.29) is 24.0 Å². The largest absolute Gasteiger partial charge is 0.493 e. The fourth-order valence-corrected chi connectivity index (χ4v) is 2.85. The molecule has 2 aromatic rings. The zero-order chi connectivity index (χ0) is 20.9. The molecule has 1 heterocycles. The van der Waals surface area contributed by atoms with E-state index < -0.39 is 0 Å². The maximum Gasteiger partial charge on any atom is 0.191 e. The molecule has 0 saturated heterocycles. The van der Waals surface area contributed by atoms with Crippen LogP contribution < -0.4 is 15.4 Å². The minimum Gasteiger partial charge on any atom is -0.493 e. The summed E-state index contributed by atoms with van der Waals surface area (Å²) in [5.74, 6) is 2.66. The van der Waals surface area contributed by atoms with Crippen molar-refractivity contribution in [2.24, 2.45) is 4.99 Å². The van der Waals surface area contributed by atoms with Crippen molar-refractivity contribution in [3.8, 4) is 5.75 Å². The Morgan fingerprint density at radius 2 is 2.03 bits per heavy atom. The predicted octanol–water partition coefficient (Wildman–Crippen LogP) is 2.94. The molecule has 0 spiro atoms. The van der Waals surface area contributed by atoms with Gasteiger partial charge in [0.15, 0.2) is 5.96 Å². The summed E-state index contributed by atoms with van der Waals surface area (Å²) in [6.45, 7) is 10.4. The zero-order valence-corrected chi connectivity index (χ0v) is 20.8. The first-order valence-corrected chi connectivity index (χ1v) is 10.3. The third kappa shape index (κ3) is 8.86. The van der Waals surface area contributed by atoms with Crippen LogP contribution in [0.1, 0.15) is 37.2 Å². The lowest BCUT2D eigenvalue weighted by Gasteiger charge is -2.14. The monoisotopic (exact) mass is 530 g/mol. The molecule has 2 N–H and O–H groups in total. The zero-order valence-electron chi connectivity index (χ0n) is 18.5. The Morgan fingerprint density at radius 3 is 2.77 bits per heavy atom. The SMILES string of the molecule is CCNC(=NCc1ccc(C)cc1OCCCOC)NCCn1cnnc1CC.I. The van der Waals surface area contributed by atoms with Crippen LogP contribution in [0.4, 0.5) is 0 Å². The highest BCUT2D eigenvalue weighted by Crippen LogP contribution is 2.21. The van der Waals surface area contributed by atoms with Crippen LogP contribution in [-0.4, -0.2) is 54.1 Å². The van der Waals surface area contributed by atoms with Gasteiger partial charge in [-0.15, -0.1) is 34.2 Å². The molecule has 0 bridgehead atoms. The van der Waals surface area contributed by atoms with Crippen LogP contribution in [0.3, 0.4) is 0 Å². The van der Waals surface area contributed by atoms with Crippen molar-refractivity contribution < 1.29 is 9.47 Å². The molecular weight excluding hydrogens is 495 g/mol. The Bertz CT molecular complexity index is 766. The molecule has 0 aliphatic carbocycles. The highest BCUT2D eigenvalue weighted by atomic mass is 127. The van der Waals surface area contributed by atoms with Crippen LogP contribution in [0.25, 0.3) is 0 Å². The topological polar surface area (TPSA) is 85.6 Å². The number of nitrogens with one attached hydrogen (secondary N) is 2. The number of nitrogens with zero attached hydrogens (tertiary/aromatic N) is 4. The van der Waals surface area contributed by atoms with Gasteiger partial charge in [0.2, 0.25) is 0 Å². The van der Waals surface area contributed by atoms with Crippen molar-refractivity contribution in [3.05, 3.63) is 41.5 Å². The number of rotatable bonds is 12. The van der Waals surface area contributed by atoms with E-state index in [1.165, 1.54) is 5.56 Å². The molecule has 0 fully saturated rings. The normalized spacial score (nSPS) is 11.1. The molecule has 0 saturated carbocycles. The first-order chi connectivity index (χ1) is 14.2. The molecule has 1 aromatic heterocycles. The van der Waals surface area contributed by atoms with Gasteiger partial charge in [0, 0.05) is 51.8 Å². The quantitative estimate of drug-likeness (QED) is 0.190. The second-order valence-corrected chi connectivity index (χ2v) is 6.72. The number of methoxy groups -OCH3 is 1. The van der Waals surface area contributed by atoms with E-state index in [1.54, 1.807) is 13.4 Å². The minimum atomic E-state index is 0. The second-order valence-electron chi connectivity index (χ2n) is 6.72. The smallest absolute Gasteiger partial charge is 0.191 e. The van der Waals surface area contributed by atoms with Crippen LogP contribution in [-0.2, 0) is 24.2 Å². The van der Waals surface area contributed by atoms with Crippen LogP contribution in [0.15, 0.2) is 29.5 Å². The lowest BCUT2D eigenvalue weighted by Crippen LogP contribution is -2.38. The van der Waals surface area contributed by atoms with E-state index in [0.717, 1.165) is 55.6 Å². The van der Waals surface area contributed by atoms with E-state index in [0.29, 0.717) is 19.8 Å². The molecule has 0 radical (unpaired) electrons. The molecule has 0 unspecified atom stereocenters. The number of halogens is 1. The van der Waals surface area contributed by atoms with Gasteiger partial charge in [-0.05, 0) is 25.5 Å². The number of hydrogen-bond acceptors (Lipinski definition) is 5. The minimum absolute atomic E-state index is 0. The fourth-order valence-electron chi connectivity index (χ4n) is 2.85. The summed E-state index contributed by atoms with van der Waals surface area (Å²) in [7, 11) is 1.70. The molecule has 168 valence electrons. The van der Waals surface area contributed by atoms with Gasteiger partial charge >= 0.3 is 0 Å². The van der Waals surface area contributed by atoms with Crippen molar-refractivity contribution in [1.29, 1.82) is 0 Å². The summed E-state index contributed by atoms with van der Waals surface area (Å²) >= 11 is 0. The molecule has 1 aromatic carbocycles. The lowest BCUT2D eigenvalue weighted by molar-refractivity contribution is 0.172. The third-order valence-electron chi connectivity index (χ3n) is 4.38. The van der Waals surface area contributed by atoms with Gasteiger partial charge in [0.1, 0.15) is 17.9 Å².